The number of carbonyl (C=O) groups is 2. The quantitative estimate of drug-likeness (QED) is 0.861. The smallest absolute Gasteiger partial charge is 0.321 e. The molecule has 6 heteroatoms. The van der Waals surface area contributed by atoms with E-state index < -0.39 is 0 Å². The molecular formula is C20H31N3O3. The van der Waals surface area contributed by atoms with E-state index in [4.69, 9.17) is 4.74 Å². The first-order valence-corrected chi connectivity index (χ1v) is 9.23. The number of hydrogen-bond donors (Lipinski definition) is 2. The van der Waals surface area contributed by atoms with E-state index in [9.17, 15) is 9.59 Å². The van der Waals surface area contributed by atoms with Gasteiger partial charge in [-0.15, -0.1) is 0 Å². The standard InChI is InChI=1S/C20H31N3O3/c1-14-16(18(24)22-20(2,3)4)10-8-11-17(14)21-19(25)23(5)13-15-9-6-7-12-26-15/h8,10-11,15H,6-7,9,12-13H2,1-5H3,(H,21,25)(H,22,24)/t15-/m0/s1. The second-order valence-electron chi connectivity index (χ2n) is 7.98. The number of hydrogen-bond acceptors (Lipinski definition) is 3. The lowest BCUT2D eigenvalue weighted by molar-refractivity contribution is 0.00463. The second-order valence-corrected chi connectivity index (χ2v) is 7.98. The Hall–Kier alpha value is -2.08. The van der Waals surface area contributed by atoms with Gasteiger partial charge in [-0.25, -0.2) is 4.79 Å². The Morgan fingerprint density at radius 3 is 2.62 bits per heavy atom. The molecule has 1 aliphatic rings. The van der Waals surface area contributed by atoms with Crippen molar-refractivity contribution in [2.24, 2.45) is 0 Å². The molecular weight excluding hydrogens is 330 g/mol. The number of urea groups is 1. The summed E-state index contributed by atoms with van der Waals surface area (Å²) in [6, 6.07) is 5.16. The minimum Gasteiger partial charge on any atom is -0.376 e. The van der Waals surface area contributed by atoms with Crippen molar-refractivity contribution >= 4 is 17.6 Å². The summed E-state index contributed by atoms with van der Waals surface area (Å²) in [6.45, 7) is 8.99. The highest BCUT2D eigenvalue weighted by Crippen LogP contribution is 2.20. The molecule has 0 saturated carbocycles. The zero-order valence-electron chi connectivity index (χ0n) is 16.5. The van der Waals surface area contributed by atoms with Crippen molar-refractivity contribution in [2.75, 3.05) is 25.5 Å². The van der Waals surface area contributed by atoms with Gasteiger partial charge in [0.05, 0.1) is 6.10 Å². The van der Waals surface area contributed by atoms with E-state index in [1.165, 1.54) is 0 Å². The molecule has 2 rings (SSSR count). The summed E-state index contributed by atoms with van der Waals surface area (Å²) < 4.78 is 5.70. The summed E-state index contributed by atoms with van der Waals surface area (Å²) in [5, 5.41) is 5.86. The molecule has 0 spiro atoms. The molecule has 144 valence electrons. The number of anilines is 1. The number of benzene rings is 1. The Morgan fingerprint density at radius 1 is 1.27 bits per heavy atom. The van der Waals surface area contributed by atoms with Crippen molar-refractivity contribution in [3.05, 3.63) is 29.3 Å². The van der Waals surface area contributed by atoms with Gasteiger partial charge in [0.25, 0.3) is 5.91 Å². The second kappa shape index (κ2) is 8.54. The van der Waals surface area contributed by atoms with Crippen LogP contribution in [0.4, 0.5) is 10.5 Å². The van der Waals surface area contributed by atoms with Gasteiger partial charge in [0.2, 0.25) is 0 Å². The summed E-state index contributed by atoms with van der Waals surface area (Å²) in [4.78, 5) is 26.6. The summed E-state index contributed by atoms with van der Waals surface area (Å²) in [5.41, 5.74) is 1.65. The predicted molar refractivity (Wildman–Crippen MR) is 104 cm³/mol. The molecule has 1 fully saturated rings. The SMILES string of the molecule is Cc1c(NC(=O)N(C)C[C@@H]2CCCCO2)cccc1C(=O)NC(C)(C)C. The zero-order valence-corrected chi connectivity index (χ0v) is 16.5. The van der Waals surface area contributed by atoms with E-state index in [-0.39, 0.29) is 23.6 Å². The normalized spacial score (nSPS) is 17.5. The maximum Gasteiger partial charge on any atom is 0.321 e. The van der Waals surface area contributed by atoms with Crippen molar-refractivity contribution in [3.8, 4) is 0 Å². The minimum atomic E-state index is -0.316. The van der Waals surface area contributed by atoms with Crippen LogP contribution in [0.1, 0.15) is 56.0 Å². The number of carbonyl (C=O) groups excluding carboxylic acids is 2. The molecule has 0 aromatic heterocycles. The van der Waals surface area contributed by atoms with Crippen molar-refractivity contribution < 1.29 is 14.3 Å². The minimum absolute atomic E-state index is 0.101. The third-order valence-corrected chi connectivity index (χ3v) is 4.41. The van der Waals surface area contributed by atoms with Crippen LogP contribution in [0.2, 0.25) is 0 Å². The van der Waals surface area contributed by atoms with Crippen LogP contribution < -0.4 is 10.6 Å². The molecule has 3 amide bonds. The number of nitrogens with zero attached hydrogens (tertiary/aromatic N) is 1. The monoisotopic (exact) mass is 361 g/mol. The van der Waals surface area contributed by atoms with Crippen LogP contribution in [-0.2, 0) is 4.74 Å². The first-order chi connectivity index (χ1) is 12.2. The maximum atomic E-state index is 12.5. The van der Waals surface area contributed by atoms with Crippen LogP contribution in [0.15, 0.2) is 18.2 Å². The molecule has 1 aromatic carbocycles. The van der Waals surface area contributed by atoms with Crippen LogP contribution in [0.25, 0.3) is 0 Å². The summed E-state index contributed by atoms with van der Waals surface area (Å²) in [5.74, 6) is -0.143. The molecule has 1 aromatic rings. The van der Waals surface area contributed by atoms with Gasteiger partial charge in [-0.2, -0.15) is 0 Å². The molecule has 1 heterocycles. The van der Waals surface area contributed by atoms with E-state index in [1.54, 1.807) is 24.1 Å². The van der Waals surface area contributed by atoms with Crippen molar-refractivity contribution in [2.45, 2.75) is 58.6 Å². The third kappa shape index (κ3) is 5.73. The van der Waals surface area contributed by atoms with Gasteiger partial charge in [-0.1, -0.05) is 6.07 Å². The van der Waals surface area contributed by atoms with Crippen LogP contribution in [0.3, 0.4) is 0 Å². The van der Waals surface area contributed by atoms with E-state index in [0.29, 0.717) is 17.8 Å². The highest BCUT2D eigenvalue weighted by Gasteiger charge is 2.21. The fraction of sp³-hybridized carbons (Fsp3) is 0.600. The molecule has 1 atom stereocenters. The van der Waals surface area contributed by atoms with Gasteiger partial charge in [0.15, 0.2) is 0 Å². The largest absolute Gasteiger partial charge is 0.376 e. The Kier molecular flexibility index (Phi) is 6.64. The average molecular weight is 361 g/mol. The summed E-state index contributed by atoms with van der Waals surface area (Å²) >= 11 is 0. The van der Waals surface area contributed by atoms with E-state index in [0.717, 1.165) is 31.4 Å². The predicted octanol–water partition coefficient (Wildman–Crippen LogP) is 3.56. The Morgan fingerprint density at radius 2 is 2.00 bits per heavy atom. The maximum absolute atomic E-state index is 12.5. The average Bonchev–Trinajstić information content (AvgIpc) is 2.56. The lowest BCUT2D eigenvalue weighted by atomic mass is 10.0. The van der Waals surface area contributed by atoms with E-state index in [2.05, 4.69) is 10.6 Å². The molecule has 2 N–H and O–H groups in total. The molecule has 1 aliphatic heterocycles. The summed E-state index contributed by atoms with van der Waals surface area (Å²) in [7, 11) is 1.76. The van der Waals surface area contributed by atoms with Crippen molar-refractivity contribution in [1.29, 1.82) is 0 Å². The number of rotatable bonds is 4. The molecule has 0 unspecified atom stereocenters. The molecule has 26 heavy (non-hydrogen) atoms. The van der Waals surface area contributed by atoms with Gasteiger partial charge in [-0.3, -0.25) is 4.79 Å². The van der Waals surface area contributed by atoms with Gasteiger partial charge in [-0.05, 0) is 64.7 Å². The third-order valence-electron chi connectivity index (χ3n) is 4.41. The lowest BCUT2D eigenvalue weighted by Crippen LogP contribution is -2.41. The fourth-order valence-electron chi connectivity index (χ4n) is 2.98. The number of ether oxygens (including phenoxy) is 1. The Labute approximate surface area is 156 Å². The number of amides is 3. The number of nitrogens with one attached hydrogen (secondary N) is 2. The van der Waals surface area contributed by atoms with Gasteiger partial charge >= 0.3 is 6.03 Å². The zero-order chi connectivity index (χ0) is 19.3. The highest BCUT2D eigenvalue weighted by molar-refractivity contribution is 5.99. The summed E-state index contributed by atoms with van der Waals surface area (Å²) in [6.07, 6.45) is 3.32. The molecule has 6 nitrogen and oxygen atoms in total. The van der Waals surface area contributed by atoms with Crippen molar-refractivity contribution in [1.82, 2.24) is 10.2 Å². The molecule has 1 saturated heterocycles. The highest BCUT2D eigenvalue weighted by atomic mass is 16.5. The Balaban J connectivity index is 2.03. The van der Waals surface area contributed by atoms with E-state index >= 15 is 0 Å². The number of likely N-dealkylation sites (N-methyl/N-ethyl adjacent to an activating group) is 1. The van der Waals surface area contributed by atoms with Crippen LogP contribution in [0.5, 0.6) is 0 Å². The first kappa shape index (κ1) is 20.2. The first-order valence-electron chi connectivity index (χ1n) is 9.23. The van der Waals surface area contributed by atoms with Crippen LogP contribution >= 0.6 is 0 Å². The molecule has 0 aliphatic carbocycles. The molecule has 0 radical (unpaired) electrons. The van der Waals surface area contributed by atoms with Crippen LogP contribution in [0, 0.1) is 6.92 Å². The van der Waals surface area contributed by atoms with E-state index in [1.807, 2.05) is 33.8 Å². The topological polar surface area (TPSA) is 70.7 Å². The fourth-order valence-corrected chi connectivity index (χ4v) is 2.98. The van der Waals surface area contributed by atoms with Gasteiger partial charge < -0.3 is 20.3 Å². The van der Waals surface area contributed by atoms with Gasteiger partial charge in [0.1, 0.15) is 0 Å². The molecule has 0 bridgehead atoms. The lowest BCUT2D eigenvalue weighted by Gasteiger charge is -2.27. The van der Waals surface area contributed by atoms with Crippen molar-refractivity contribution in [3.63, 3.8) is 0 Å². The van der Waals surface area contributed by atoms with Crippen LogP contribution in [-0.4, -0.2) is 48.7 Å². The van der Waals surface area contributed by atoms with Gasteiger partial charge in [0, 0.05) is 37.0 Å². The Bertz CT molecular complexity index is 646.